The second-order valence-electron chi connectivity index (χ2n) is 6.71. The fourth-order valence-electron chi connectivity index (χ4n) is 2.68. The highest BCUT2D eigenvalue weighted by Crippen LogP contribution is 2.12. The van der Waals surface area contributed by atoms with E-state index in [1.54, 1.807) is 37.3 Å². The molecule has 0 saturated carbocycles. The maximum Gasteiger partial charge on any atom is 0.243 e. The second kappa shape index (κ2) is 11.2. The molecular formula is C20H27N3O6S2. The minimum absolute atomic E-state index is 0.0529. The first-order chi connectivity index (χ1) is 14.6. The Labute approximate surface area is 183 Å². The molecule has 0 spiro atoms. The van der Waals surface area contributed by atoms with Gasteiger partial charge >= 0.3 is 0 Å². The van der Waals surface area contributed by atoms with E-state index in [1.807, 2.05) is 0 Å². The Morgan fingerprint density at radius 1 is 1.13 bits per heavy atom. The molecule has 0 bridgehead atoms. The third-order valence-corrected chi connectivity index (χ3v) is 7.14. The smallest absolute Gasteiger partial charge is 0.243 e. The highest BCUT2D eigenvalue weighted by Gasteiger charge is 2.14. The summed E-state index contributed by atoms with van der Waals surface area (Å²) in [6, 6.07) is 9.44. The Hall–Kier alpha value is -2.47. The van der Waals surface area contributed by atoms with Crippen LogP contribution in [0.15, 0.2) is 58.1 Å². The number of benzene rings is 1. The second-order valence-corrected chi connectivity index (χ2v) is 10.5. The van der Waals surface area contributed by atoms with Gasteiger partial charge in [0.2, 0.25) is 26.0 Å². The van der Waals surface area contributed by atoms with Gasteiger partial charge in [0.25, 0.3) is 0 Å². The van der Waals surface area contributed by atoms with E-state index in [0.29, 0.717) is 37.4 Å². The number of carbonyl (C=O) groups excluding carboxylic acids is 1. The van der Waals surface area contributed by atoms with Crippen molar-refractivity contribution >= 4 is 32.0 Å². The van der Waals surface area contributed by atoms with Gasteiger partial charge in [-0.2, -0.15) is 0 Å². The number of rotatable bonds is 12. The van der Waals surface area contributed by atoms with Crippen molar-refractivity contribution in [1.29, 1.82) is 0 Å². The van der Waals surface area contributed by atoms with Crippen molar-refractivity contribution in [3.05, 3.63) is 60.1 Å². The molecule has 1 aromatic carbocycles. The first-order valence-corrected chi connectivity index (χ1v) is 13.0. The van der Waals surface area contributed by atoms with Gasteiger partial charge in [-0.1, -0.05) is 19.1 Å². The van der Waals surface area contributed by atoms with E-state index in [0.717, 1.165) is 6.26 Å². The number of hydrogen-bond acceptors (Lipinski definition) is 6. The summed E-state index contributed by atoms with van der Waals surface area (Å²) in [5.74, 6) is 0.187. The lowest BCUT2D eigenvalue weighted by Crippen LogP contribution is -2.33. The zero-order chi connectivity index (χ0) is 22.9. The quantitative estimate of drug-likeness (QED) is 0.359. The van der Waals surface area contributed by atoms with Crippen LogP contribution in [0.5, 0.6) is 0 Å². The average Bonchev–Trinajstić information content (AvgIpc) is 3.24. The summed E-state index contributed by atoms with van der Waals surface area (Å²) in [5.41, 5.74) is 0.661. The molecule has 11 heteroatoms. The van der Waals surface area contributed by atoms with Crippen molar-refractivity contribution in [2.45, 2.75) is 24.8 Å². The third-order valence-electron chi connectivity index (χ3n) is 4.34. The lowest BCUT2D eigenvalue weighted by atomic mass is 10.2. The first-order valence-electron chi connectivity index (χ1n) is 9.65. The van der Waals surface area contributed by atoms with Gasteiger partial charge in [0.1, 0.15) is 5.76 Å². The van der Waals surface area contributed by atoms with E-state index in [2.05, 4.69) is 10.0 Å². The van der Waals surface area contributed by atoms with Crippen molar-refractivity contribution < 1.29 is 26.0 Å². The molecule has 0 fully saturated rings. The van der Waals surface area contributed by atoms with Crippen LogP contribution in [0, 0.1) is 0 Å². The molecule has 2 aromatic rings. The van der Waals surface area contributed by atoms with Gasteiger partial charge in [-0.25, -0.2) is 25.9 Å². The van der Waals surface area contributed by atoms with Gasteiger partial charge in [0.15, 0.2) is 0 Å². The highest BCUT2D eigenvalue weighted by atomic mass is 32.2. The van der Waals surface area contributed by atoms with Crippen LogP contribution in [0.3, 0.4) is 0 Å². The molecule has 170 valence electrons. The van der Waals surface area contributed by atoms with Crippen LogP contribution in [0.25, 0.3) is 6.08 Å². The predicted octanol–water partition coefficient (Wildman–Crippen LogP) is 1.56. The number of nitrogens with one attached hydrogen (secondary N) is 2. The van der Waals surface area contributed by atoms with Gasteiger partial charge in [-0.3, -0.25) is 4.79 Å². The SMILES string of the molecule is CCN(CCCNC(=O)C=Cc1ccc(S(=O)(=O)NCc2ccco2)cc1)S(C)(=O)=O. The van der Waals surface area contributed by atoms with Crippen LogP contribution in [-0.2, 0) is 31.4 Å². The molecule has 0 radical (unpaired) electrons. The Kier molecular flexibility index (Phi) is 8.99. The number of sulfonamides is 2. The van der Waals surface area contributed by atoms with Crippen LogP contribution >= 0.6 is 0 Å². The van der Waals surface area contributed by atoms with Gasteiger partial charge in [0.05, 0.1) is 24.0 Å². The molecule has 31 heavy (non-hydrogen) atoms. The minimum atomic E-state index is -3.68. The molecular weight excluding hydrogens is 442 g/mol. The van der Waals surface area contributed by atoms with Crippen molar-refractivity contribution in [3.8, 4) is 0 Å². The summed E-state index contributed by atoms with van der Waals surface area (Å²) >= 11 is 0. The summed E-state index contributed by atoms with van der Waals surface area (Å²) < 4.78 is 56.5. The van der Waals surface area contributed by atoms with E-state index >= 15 is 0 Å². The largest absolute Gasteiger partial charge is 0.468 e. The van der Waals surface area contributed by atoms with E-state index in [1.165, 1.54) is 28.8 Å². The summed E-state index contributed by atoms with van der Waals surface area (Å²) in [6.45, 7) is 2.87. The van der Waals surface area contributed by atoms with Crippen LogP contribution in [0.4, 0.5) is 0 Å². The molecule has 0 aliphatic carbocycles. The Bertz CT molecular complexity index is 1080. The van der Waals surface area contributed by atoms with Crippen LogP contribution in [-0.4, -0.2) is 52.9 Å². The Morgan fingerprint density at radius 2 is 1.84 bits per heavy atom. The Morgan fingerprint density at radius 3 is 2.42 bits per heavy atom. The monoisotopic (exact) mass is 469 g/mol. The molecule has 0 saturated heterocycles. The molecule has 0 aliphatic rings. The van der Waals surface area contributed by atoms with Crippen LogP contribution in [0.2, 0.25) is 0 Å². The standard InChI is InChI=1S/C20H27N3O6S2/c1-3-23(30(2,25)26)14-5-13-21-20(24)12-9-17-7-10-19(11-8-17)31(27,28)22-16-18-6-4-15-29-18/h4,6-12,15,22H,3,5,13-14,16H2,1-2H3,(H,21,24). The number of amides is 1. The summed E-state index contributed by atoms with van der Waals surface area (Å²) in [5, 5.41) is 2.69. The molecule has 1 aromatic heterocycles. The zero-order valence-corrected chi connectivity index (χ0v) is 19.1. The molecule has 2 rings (SSSR count). The van der Waals surface area contributed by atoms with E-state index in [9.17, 15) is 21.6 Å². The van der Waals surface area contributed by atoms with Crippen molar-refractivity contribution in [1.82, 2.24) is 14.3 Å². The predicted molar refractivity (Wildman–Crippen MR) is 118 cm³/mol. The number of nitrogens with zero attached hydrogens (tertiary/aromatic N) is 1. The lowest BCUT2D eigenvalue weighted by molar-refractivity contribution is -0.116. The van der Waals surface area contributed by atoms with Crippen molar-refractivity contribution in [3.63, 3.8) is 0 Å². The molecule has 1 amide bonds. The first kappa shape index (κ1) is 24.8. The van der Waals surface area contributed by atoms with Gasteiger partial charge in [0, 0.05) is 25.7 Å². The number of furan rings is 1. The molecule has 0 aliphatic heterocycles. The zero-order valence-electron chi connectivity index (χ0n) is 17.4. The number of carbonyl (C=O) groups is 1. The van der Waals surface area contributed by atoms with Gasteiger partial charge < -0.3 is 9.73 Å². The molecule has 9 nitrogen and oxygen atoms in total. The lowest BCUT2D eigenvalue weighted by Gasteiger charge is -2.17. The summed E-state index contributed by atoms with van der Waals surface area (Å²) in [6.07, 6.45) is 6.03. The van der Waals surface area contributed by atoms with E-state index in [4.69, 9.17) is 4.42 Å². The van der Waals surface area contributed by atoms with E-state index < -0.39 is 20.0 Å². The summed E-state index contributed by atoms with van der Waals surface area (Å²) in [7, 11) is -6.92. The van der Waals surface area contributed by atoms with Crippen molar-refractivity contribution in [2.75, 3.05) is 25.9 Å². The average molecular weight is 470 g/mol. The number of hydrogen-bond donors (Lipinski definition) is 2. The third kappa shape index (κ3) is 8.29. The van der Waals surface area contributed by atoms with E-state index in [-0.39, 0.29) is 17.3 Å². The maximum atomic E-state index is 12.3. The Balaban J connectivity index is 1.81. The van der Waals surface area contributed by atoms with Gasteiger partial charge in [-0.15, -0.1) is 0 Å². The van der Waals surface area contributed by atoms with Crippen molar-refractivity contribution in [2.24, 2.45) is 0 Å². The minimum Gasteiger partial charge on any atom is -0.468 e. The fourth-order valence-corrected chi connectivity index (χ4v) is 4.60. The molecule has 2 N–H and O–H groups in total. The fraction of sp³-hybridized carbons (Fsp3) is 0.350. The topological polar surface area (TPSA) is 126 Å². The van der Waals surface area contributed by atoms with Crippen LogP contribution in [0.1, 0.15) is 24.7 Å². The highest BCUT2D eigenvalue weighted by molar-refractivity contribution is 7.89. The van der Waals surface area contributed by atoms with Gasteiger partial charge in [-0.05, 0) is 42.3 Å². The molecule has 0 atom stereocenters. The molecule has 1 heterocycles. The normalized spacial score (nSPS) is 12.5. The maximum absolute atomic E-state index is 12.3. The summed E-state index contributed by atoms with van der Waals surface area (Å²) in [4.78, 5) is 12.0. The van der Waals surface area contributed by atoms with Crippen LogP contribution < -0.4 is 10.0 Å². The molecule has 0 unspecified atom stereocenters.